The zero-order valence-corrected chi connectivity index (χ0v) is 14.5. The third kappa shape index (κ3) is 2.79. The number of carbonyl (C=O) groups is 1. The molecule has 126 valence electrons. The summed E-state index contributed by atoms with van der Waals surface area (Å²) in [7, 11) is 0. The molecular weight excluding hydrogens is 300 g/mol. The monoisotopic (exact) mass is 324 g/mol. The molecule has 3 heteroatoms. The number of rotatable bonds is 4. The molecule has 0 aliphatic heterocycles. The number of hydrogen-bond donors (Lipinski definition) is 1. The van der Waals surface area contributed by atoms with Gasteiger partial charge in [-0.1, -0.05) is 45.0 Å². The molecule has 0 heterocycles. The number of ether oxygens (including phenoxy) is 1. The molecule has 1 fully saturated rings. The Labute approximate surface area is 143 Å². The summed E-state index contributed by atoms with van der Waals surface area (Å²) >= 11 is 0. The van der Waals surface area contributed by atoms with Crippen LogP contribution >= 0.6 is 0 Å². The maximum atomic E-state index is 10.5. The van der Waals surface area contributed by atoms with E-state index >= 15 is 0 Å². The Balaban J connectivity index is 2.12. The van der Waals surface area contributed by atoms with E-state index in [1.54, 1.807) is 12.1 Å². The van der Waals surface area contributed by atoms with Crippen molar-refractivity contribution < 1.29 is 14.6 Å². The molecule has 3 rings (SSSR count). The van der Waals surface area contributed by atoms with Gasteiger partial charge in [0.1, 0.15) is 11.5 Å². The standard InChI is InChI=1S/C21H24O3/c1-15-12-20(2,3)13-21(15,16-4-8-18(23)9-5-16)17-6-10-19(11-7-17)24-14-22/h4-11,14-15,23H,12-13H2,1-3H3. The van der Waals surface area contributed by atoms with Crippen LogP contribution in [0.2, 0.25) is 0 Å². The van der Waals surface area contributed by atoms with E-state index in [0.29, 0.717) is 18.1 Å². The van der Waals surface area contributed by atoms with Crippen LogP contribution in [0.4, 0.5) is 0 Å². The highest BCUT2D eigenvalue weighted by Crippen LogP contribution is 2.57. The molecule has 1 N–H and O–H groups in total. The van der Waals surface area contributed by atoms with Gasteiger partial charge in [0.25, 0.3) is 6.47 Å². The Bertz CT molecular complexity index is 716. The number of phenolic OH excluding ortho intramolecular Hbond substituents is 1. The Morgan fingerprint density at radius 1 is 1.04 bits per heavy atom. The van der Waals surface area contributed by atoms with Crippen LogP contribution in [-0.4, -0.2) is 11.6 Å². The van der Waals surface area contributed by atoms with Crippen molar-refractivity contribution >= 4 is 6.47 Å². The van der Waals surface area contributed by atoms with E-state index in [2.05, 4.69) is 32.9 Å². The largest absolute Gasteiger partial charge is 0.508 e. The fraction of sp³-hybridized carbons (Fsp3) is 0.381. The summed E-state index contributed by atoms with van der Waals surface area (Å²) in [6, 6.07) is 15.4. The summed E-state index contributed by atoms with van der Waals surface area (Å²) in [5.41, 5.74) is 2.60. The molecule has 0 spiro atoms. The Hall–Kier alpha value is -2.29. The highest BCUT2D eigenvalue weighted by molar-refractivity contribution is 5.48. The van der Waals surface area contributed by atoms with Crippen molar-refractivity contribution in [2.45, 2.75) is 39.0 Å². The van der Waals surface area contributed by atoms with Crippen molar-refractivity contribution in [1.29, 1.82) is 0 Å². The Morgan fingerprint density at radius 2 is 1.58 bits per heavy atom. The summed E-state index contributed by atoms with van der Waals surface area (Å²) in [5.74, 6) is 1.31. The first-order valence-corrected chi connectivity index (χ1v) is 8.38. The summed E-state index contributed by atoms with van der Waals surface area (Å²) in [4.78, 5) is 10.5. The van der Waals surface area contributed by atoms with Crippen molar-refractivity contribution in [2.75, 3.05) is 0 Å². The van der Waals surface area contributed by atoms with Crippen molar-refractivity contribution in [3.05, 3.63) is 59.7 Å². The number of phenols is 1. The van der Waals surface area contributed by atoms with E-state index < -0.39 is 0 Å². The minimum atomic E-state index is -0.100. The van der Waals surface area contributed by atoms with E-state index in [4.69, 9.17) is 4.74 Å². The van der Waals surface area contributed by atoms with Crippen molar-refractivity contribution in [3.8, 4) is 11.5 Å². The van der Waals surface area contributed by atoms with E-state index in [1.165, 1.54) is 11.1 Å². The molecular formula is C21H24O3. The third-order valence-corrected chi connectivity index (χ3v) is 5.39. The molecule has 0 bridgehead atoms. The second-order valence-corrected chi connectivity index (χ2v) is 7.70. The first-order valence-electron chi connectivity index (χ1n) is 8.38. The van der Waals surface area contributed by atoms with Gasteiger partial charge in [-0.05, 0) is 59.6 Å². The molecule has 0 saturated heterocycles. The van der Waals surface area contributed by atoms with Gasteiger partial charge in [0.15, 0.2) is 0 Å². The maximum Gasteiger partial charge on any atom is 0.298 e. The third-order valence-electron chi connectivity index (χ3n) is 5.39. The van der Waals surface area contributed by atoms with Crippen LogP contribution in [0.15, 0.2) is 48.5 Å². The maximum absolute atomic E-state index is 10.5. The molecule has 0 radical (unpaired) electrons. The SMILES string of the molecule is CC1CC(C)(C)CC1(c1ccc(O)cc1)c1ccc(OC=O)cc1. The summed E-state index contributed by atoms with van der Waals surface area (Å²) in [5, 5.41) is 9.67. The zero-order valence-electron chi connectivity index (χ0n) is 14.5. The Kier molecular flexibility index (Phi) is 4.12. The van der Waals surface area contributed by atoms with Crippen LogP contribution in [0.3, 0.4) is 0 Å². The summed E-state index contributed by atoms with van der Waals surface area (Å²) in [6.07, 6.45) is 2.18. The van der Waals surface area contributed by atoms with Crippen LogP contribution in [0, 0.1) is 11.3 Å². The van der Waals surface area contributed by atoms with Crippen molar-refractivity contribution in [2.24, 2.45) is 11.3 Å². The average Bonchev–Trinajstić information content (AvgIpc) is 2.79. The average molecular weight is 324 g/mol. The van der Waals surface area contributed by atoms with Gasteiger partial charge in [-0.2, -0.15) is 0 Å². The minimum absolute atomic E-state index is 0.100. The Morgan fingerprint density at radius 3 is 2.04 bits per heavy atom. The first kappa shape index (κ1) is 16.6. The fourth-order valence-corrected chi connectivity index (χ4v) is 4.59. The summed E-state index contributed by atoms with van der Waals surface area (Å²) in [6.45, 7) is 7.38. The molecule has 24 heavy (non-hydrogen) atoms. The van der Waals surface area contributed by atoms with Gasteiger partial charge < -0.3 is 9.84 Å². The van der Waals surface area contributed by atoms with E-state index in [1.807, 2.05) is 24.3 Å². The topological polar surface area (TPSA) is 46.5 Å². The number of hydrogen-bond acceptors (Lipinski definition) is 3. The quantitative estimate of drug-likeness (QED) is 0.831. The second kappa shape index (κ2) is 5.97. The van der Waals surface area contributed by atoms with E-state index in [9.17, 15) is 9.90 Å². The molecule has 3 nitrogen and oxygen atoms in total. The fourth-order valence-electron chi connectivity index (χ4n) is 4.59. The molecule has 2 aromatic carbocycles. The molecule has 2 atom stereocenters. The lowest BCUT2D eigenvalue weighted by atomic mass is 9.67. The summed E-state index contributed by atoms with van der Waals surface area (Å²) < 4.78 is 4.93. The van der Waals surface area contributed by atoms with Crippen LogP contribution in [0.5, 0.6) is 11.5 Å². The molecule has 0 aromatic heterocycles. The minimum Gasteiger partial charge on any atom is -0.508 e. The highest BCUT2D eigenvalue weighted by Gasteiger charge is 2.50. The molecule has 1 aliphatic carbocycles. The molecule has 2 unspecified atom stereocenters. The van der Waals surface area contributed by atoms with Crippen molar-refractivity contribution in [3.63, 3.8) is 0 Å². The van der Waals surface area contributed by atoms with E-state index in [-0.39, 0.29) is 16.6 Å². The predicted molar refractivity (Wildman–Crippen MR) is 94.2 cm³/mol. The predicted octanol–water partition coefficient (Wildman–Crippen LogP) is 4.67. The van der Waals surface area contributed by atoms with Crippen LogP contribution < -0.4 is 4.74 Å². The number of carbonyl (C=O) groups excluding carboxylic acids is 1. The molecule has 1 aliphatic rings. The first-order chi connectivity index (χ1) is 11.4. The lowest BCUT2D eigenvalue weighted by molar-refractivity contribution is -0.120. The van der Waals surface area contributed by atoms with E-state index in [0.717, 1.165) is 12.8 Å². The van der Waals surface area contributed by atoms with Crippen LogP contribution in [0.25, 0.3) is 0 Å². The van der Waals surface area contributed by atoms with Gasteiger partial charge in [-0.25, -0.2) is 0 Å². The molecule has 0 amide bonds. The van der Waals surface area contributed by atoms with Crippen LogP contribution in [-0.2, 0) is 10.2 Å². The van der Waals surface area contributed by atoms with Crippen LogP contribution in [0.1, 0.15) is 44.7 Å². The van der Waals surface area contributed by atoms with Gasteiger partial charge in [0, 0.05) is 5.41 Å². The van der Waals surface area contributed by atoms with Gasteiger partial charge in [0.2, 0.25) is 0 Å². The lowest BCUT2D eigenvalue weighted by Crippen LogP contribution is -2.31. The highest BCUT2D eigenvalue weighted by atomic mass is 16.5. The molecule has 2 aromatic rings. The number of aromatic hydroxyl groups is 1. The number of benzene rings is 2. The normalized spacial score (nSPS) is 25.4. The zero-order chi connectivity index (χ0) is 17.4. The second-order valence-electron chi connectivity index (χ2n) is 7.70. The molecule has 1 saturated carbocycles. The van der Waals surface area contributed by atoms with Gasteiger partial charge in [-0.15, -0.1) is 0 Å². The van der Waals surface area contributed by atoms with Gasteiger partial charge in [-0.3, -0.25) is 4.79 Å². The van der Waals surface area contributed by atoms with Gasteiger partial charge >= 0.3 is 0 Å². The van der Waals surface area contributed by atoms with Gasteiger partial charge in [0.05, 0.1) is 0 Å². The smallest absolute Gasteiger partial charge is 0.298 e. The lowest BCUT2D eigenvalue weighted by Gasteiger charge is -2.36. The van der Waals surface area contributed by atoms with Crippen molar-refractivity contribution in [1.82, 2.24) is 0 Å².